The maximum atomic E-state index is 12.7. The number of rotatable bonds is 5. The van der Waals surface area contributed by atoms with Crippen molar-refractivity contribution in [3.8, 4) is 5.75 Å². The van der Waals surface area contributed by atoms with Gasteiger partial charge in [0.2, 0.25) is 0 Å². The van der Waals surface area contributed by atoms with Crippen LogP contribution in [0.5, 0.6) is 5.75 Å². The number of nitrogens with zero attached hydrogens (tertiary/aromatic N) is 2. The number of ketones is 1. The summed E-state index contributed by atoms with van der Waals surface area (Å²) in [7, 11) is 1.65. The number of anilines is 1. The fraction of sp³-hybridized carbons (Fsp3) is 0.263. The molecule has 0 atom stereocenters. The van der Waals surface area contributed by atoms with E-state index >= 15 is 0 Å². The number of amidine groups is 1. The van der Waals surface area contributed by atoms with Crippen molar-refractivity contribution in [2.24, 2.45) is 4.99 Å². The average molecular weight is 421 g/mol. The van der Waals surface area contributed by atoms with Gasteiger partial charge in [-0.1, -0.05) is 42.1 Å². The lowest BCUT2D eigenvalue weighted by atomic mass is 10.1. The van der Waals surface area contributed by atoms with E-state index in [0.717, 1.165) is 40.9 Å². The highest BCUT2D eigenvalue weighted by Gasteiger charge is 2.20. The Morgan fingerprint density at radius 3 is 2.48 bits per heavy atom. The van der Waals surface area contributed by atoms with Crippen LogP contribution in [0.3, 0.4) is 0 Å². The van der Waals surface area contributed by atoms with Crippen LogP contribution in [0.1, 0.15) is 16.8 Å². The number of carbonyl (C=O) groups is 1. The lowest BCUT2D eigenvalue weighted by Gasteiger charge is -2.27. The molecule has 0 spiro atoms. The van der Waals surface area contributed by atoms with Gasteiger partial charge in [-0.15, -0.1) is 17.0 Å². The molecule has 4 nitrogen and oxygen atoms in total. The van der Waals surface area contributed by atoms with Crippen molar-refractivity contribution >= 4 is 45.4 Å². The zero-order valence-corrected chi connectivity index (χ0v) is 16.6. The monoisotopic (exact) mass is 420 g/mol. The molecule has 0 radical (unpaired) electrons. The number of aliphatic imine (C=N–C) groups is 1. The first kappa shape index (κ1) is 19.5. The number of carbonyl (C=O) groups excluding carboxylic acids is 1. The number of Topliss-reactive ketones (excluding diaryl/α,β-unsaturated/α-hetero) is 1. The molecule has 132 valence electrons. The predicted octanol–water partition coefficient (Wildman–Crippen LogP) is 4.46. The van der Waals surface area contributed by atoms with Gasteiger partial charge in [0.1, 0.15) is 5.75 Å². The van der Waals surface area contributed by atoms with Crippen molar-refractivity contribution in [2.75, 3.05) is 30.9 Å². The van der Waals surface area contributed by atoms with Crippen LogP contribution in [0.25, 0.3) is 0 Å². The summed E-state index contributed by atoms with van der Waals surface area (Å²) in [6.45, 7) is 1.09. The highest BCUT2D eigenvalue weighted by Crippen LogP contribution is 2.25. The largest absolute Gasteiger partial charge is 0.497 e. The zero-order chi connectivity index (χ0) is 16.8. The molecule has 2 aromatic carbocycles. The normalized spacial score (nSPS) is 13.4. The van der Waals surface area contributed by atoms with E-state index in [1.165, 1.54) is 0 Å². The highest BCUT2D eigenvalue weighted by atomic mass is 79.9. The highest BCUT2D eigenvalue weighted by molar-refractivity contribution is 8.93. The van der Waals surface area contributed by atoms with Gasteiger partial charge in [-0.25, -0.2) is 0 Å². The first-order chi connectivity index (χ1) is 11.8. The van der Waals surface area contributed by atoms with Crippen LogP contribution < -0.4 is 9.64 Å². The van der Waals surface area contributed by atoms with Crippen LogP contribution in [0.2, 0.25) is 0 Å². The molecule has 0 amide bonds. The Labute approximate surface area is 163 Å². The molecule has 0 fully saturated rings. The Hall–Kier alpha value is -1.79. The third-order valence-corrected chi connectivity index (χ3v) is 4.89. The summed E-state index contributed by atoms with van der Waals surface area (Å²) in [6.07, 6.45) is 1.08. The summed E-state index contributed by atoms with van der Waals surface area (Å²) < 4.78 is 5.22. The van der Waals surface area contributed by atoms with E-state index in [-0.39, 0.29) is 29.3 Å². The Morgan fingerprint density at radius 2 is 1.88 bits per heavy atom. The SMILES string of the molecule is Br.COc1ccc(N(CC(=O)c2ccccc2)C2=NCCCS2)cc1. The maximum absolute atomic E-state index is 12.7. The fourth-order valence-electron chi connectivity index (χ4n) is 2.50. The van der Waals surface area contributed by atoms with Crippen LogP contribution >= 0.6 is 28.7 Å². The predicted molar refractivity (Wildman–Crippen MR) is 111 cm³/mol. The van der Waals surface area contributed by atoms with E-state index < -0.39 is 0 Å². The summed E-state index contributed by atoms with van der Waals surface area (Å²) in [5.74, 6) is 1.91. The second kappa shape index (κ2) is 9.63. The topological polar surface area (TPSA) is 41.9 Å². The fourth-order valence-corrected chi connectivity index (χ4v) is 3.47. The van der Waals surface area contributed by atoms with Crippen molar-refractivity contribution in [1.82, 2.24) is 0 Å². The molecule has 0 aromatic heterocycles. The number of ether oxygens (including phenoxy) is 1. The number of halogens is 1. The van der Waals surface area contributed by atoms with Gasteiger partial charge in [0.15, 0.2) is 11.0 Å². The van der Waals surface area contributed by atoms with Gasteiger partial charge in [0, 0.05) is 23.5 Å². The van der Waals surface area contributed by atoms with Crippen LogP contribution in [-0.2, 0) is 0 Å². The maximum Gasteiger partial charge on any atom is 0.182 e. The zero-order valence-electron chi connectivity index (χ0n) is 14.1. The molecule has 0 aliphatic carbocycles. The number of hydrogen-bond donors (Lipinski definition) is 0. The van der Waals surface area contributed by atoms with E-state index in [1.807, 2.05) is 59.5 Å². The van der Waals surface area contributed by atoms with Gasteiger partial charge in [0.25, 0.3) is 0 Å². The van der Waals surface area contributed by atoms with Crippen LogP contribution in [0.4, 0.5) is 5.69 Å². The average Bonchev–Trinajstić information content (AvgIpc) is 2.67. The third kappa shape index (κ3) is 5.09. The Kier molecular flexibility index (Phi) is 7.52. The van der Waals surface area contributed by atoms with E-state index in [4.69, 9.17) is 4.74 Å². The van der Waals surface area contributed by atoms with Crippen molar-refractivity contribution in [1.29, 1.82) is 0 Å². The lowest BCUT2D eigenvalue weighted by Crippen LogP contribution is -2.35. The standard InChI is InChI=1S/C19H20N2O2S.BrH/c1-23-17-10-8-16(9-11-17)21(19-20-12-5-13-24-19)14-18(22)15-6-3-2-4-7-15;/h2-4,6-11H,5,12-14H2,1H3;1H. The summed E-state index contributed by atoms with van der Waals surface area (Å²) in [4.78, 5) is 19.3. The summed E-state index contributed by atoms with van der Waals surface area (Å²) in [5, 5.41) is 0.913. The van der Waals surface area contributed by atoms with Gasteiger partial charge in [-0.3, -0.25) is 9.79 Å². The van der Waals surface area contributed by atoms with Crippen molar-refractivity contribution in [2.45, 2.75) is 6.42 Å². The first-order valence-corrected chi connectivity index (χ1v) is 8.93. The molecule has 2 aromatic rings. The van der Waals surface area contributed by atoms with Gasteiger partial charge in [-0.05, 0) is 30.7 Å². The van der Waals surface area contributed by atoms with E-state index in [0.29, 0.717) is 0 Å². The van der Waals surface area contributed by atoms with E-state index in [9.17, 15) is 4.79 Å². The molecule has 0 bridgehead atoms. The molecule has 1 heterocycles. The minimum atomic E-state index is 0. The van der Waals surface area contributed by atoms with Gasteiger partial charge in [0.05, 0.1) is 13.7 Å². The third-order valence-electron chi connectivity index (χ3n) is 3.79. The Morgan fingerprint density at radius 1 is 1.16 bits per heavy atom. The first-order valence-electron chi connectivity index (χ1n) is 7.95. The number of thioether (sulfide) groups is 1. The van der Waals surface area contributed by atoms with Gasteiger partial charge < -0.3 is 9.64 Å². The molecular formula is C19H21BrN2O2S. The summed E-state index contributed by atoms with van der Waals surface area (Å²) >= 11 is 1.71. The smallest absolute Gasteiger partial charge is 0.182 e. The van der Waals surface area contributed by atoms with Crippen LogP contribution in [0.15, 0.2) is 59.6 Å². The number of benzene rings is 2. The second-order valence-electron chi connectivity index (χ2n) is 5.44. The number of hydrogen-bond acceptors (Lipinski definition) is 5. The molecule has 0 saturated heterocycles. The molecule has 0 unspecified atom stereocenters. The number of methoxy groups -OCH3 is 1. The minimum absolute atomic E-state index is 0. The quantitative estimate of drug-likeness (QED) is 0.669. The molecule has 25 heavy (non-hydrogen) atoms. The molecule has 6 heteroatoms. The molecular weight excluding hydrogens is 400 g/mol. The molecule has 0 saturated carbocycles. The van der Waals surface area contributed by atoms with Crippen LogP contribution in [-0.4, -0.2) is 36.9 Å². The van der Waals surface area contributed by atoms with E-state index in [2.05, 4.69) is 4.99 Å². The van der Waals surface area contributed by atoms with Crippen molar-refractivity contribution in [3.05, 3.63) is 60.2 Å². The van der Waals surface area contributed by atoms with Crippen LogP contribution in [0, 0.1) is 0 Å². The van der Waals surface area contributed by atoms with Crippen molar-refractivity contribution < 1.29 is 9.53 Å². The summed E-state index contributed by atoms with van der Waals surface area (Å²) in [6, 6.07) is 17.1. The molecule has 1 aliphatic heterocycles. The summed E-state index contributed by atoms with van der Waals surface area (Å²) in [5.41, 5.74) is 1.67. The minimum Gasteiger partial charge on any atom is -0.497 e. The van der Waals surface area contributed by atoms with Crippen molar-refractivity contribution in [3.63, 3.8) is 0 Å². The molecule has 1 aliphatic rings. The van der Waals surface area contributed by atoms with Gasteiger partial charge >= 0.3 is 0 Å². The Balaban J connectivity index is 0.00000225. The second-order valence-corrected chi connectivity index (χ2v) is 6.50. The lowest BCUT2D eigenvalue weighted by molar-refractivity contribution is 0.100. The van der Waals surface area contributed by atoms with Gasteiger partial charge in [-0.2, -0.15) is 0 Å². The van der Waals surface area contributed by atoms with E-state index in [1.54, 1.807) is 18.9 Å². The molecule has 0 N–H and O–H groups in total. The molecule has 3 rings (SSSR count). The Bertz CT molecular complexity index is 720.